The standard InChI is InChI=1S/C18H27FN2O2/c19-16-4-6-17(7-5-16)23-14-2-1-11-21-18(22)8-3-15-9-12-20-13-10-15/h4-7,15,20H,1-3,8-14H2,(H,21,22). The van der Waals surface area contributed by atoms with Crippen molar-refractivity contribution < 1.29 is 13.9 Å². The van der Waals surface area contributed by atoms with Gasteiger partial charge in [-0.1, -0.05) is 0 Å². The molecular weight excluding hydrogens is 295 g/mol. The number of carbonyl (C=O) groups is 1. The fourth-order valence-corrected chi connectivity index (χ4v) is 2.77. The van der Waals surface area contributed by atoms with Crippen LogP contribution in [0.1, 0.15) is 38.5 Å². The molecule has 4 nitrogen and oxygen atoms in total. The van der Waals surface area contributed by atoms with Crippen LogP contribution in [0.2, 0.25) is 0 Å². The summed E-state index contributed by atoms with van der Waals surface area (Å²) < 4.78 is 18.2. The molecule has 1 heterocycles. The van der Waals surface area contributed by atoms with Crippen LogP contribution in [0, 0.1) is 11.7 Å². The van der Waals surface area contributed by atoms with Crippen LogP contribution in [-0.2, 0) is 4.79 Å². The van der Waals surface area contributed by atoms with Gasteiger partial charge in [0.15, 0.2) is 0 Å². The number of benzene rings is 1. The van der Waals surface area contributed by atoms with Crippen molar-refractivity contribution in [1.29, 1.82) is 0 Å². The smallest absolute Gasteiger partial charge is 0.220 e. The summed E-state index contributed by atoms with van der Waals surface area (Å²) in [4.78, 5) is 11.8. The van der Waals surface area contributed by atoms with Crippen molar-refractivity contribution in [2.75, 3.05) is 26.2 Å². The van der Waals surface area contributed by atoms with Gasteiger partial charge < -0.3 is 15.4 Å². The van der Waals surface area contributed by atoms with Crippen molar-refractivity contribution in [3.8, 4) is 5.75 Å². The number of carbonyl (C=O) groups excluding carboxylic acids is 1. The molecule has 0 saturated carbocycles. The van der Waals surface area contributed by atoms with Crippen LogP contribution in [0.3, 0.4) is 0 Å². The SMILES string of the molecule is O=C(CCC1CCNCC1)NCCCCOc1ccc(F)cc1. The quantitative estimate of drug-likeness (QED) is 0.687. The largest absolute Gasteiger partial charge is 0.494 e. The molecule has 1 aromatic rings. The summed E-state index contributed by atoms with van der Waals surface area (Å²) in [5.74, 6) is 1.27. The molecule has 5 heteroatoms. The number of unbranched alkanes of at least 4 members (excludes halogenated alkanes) is 1. The van der Waals surface area contributed by atoms with Crippen molar-refractivity contribution >= 4 is 5.91 Å². The normalized spacial score (nSPS) is 15.3. The van der Waals surface area contributed by atoms with Crippen molar-refractivity contribution in [2.45, 2.75) is 38.5 Å². The van der Waals surface area contributed by atoms with Gasteiger partial charge in [0.2, 0.25) is 5.91 Å². The van der Waals surface area contributed by atoms with Crippen LogP contribution in [0.4, 0.5) is 4.39 Å². The average molecular weight is 322 g/mol. The molecular formula is C18H27FN2O2. The van der Waals surface area contributed by atoms with Gasteiger partial charge >= 0.3 is 0 Å². The first kappa shape index (κ1) is 17.7. The molecule has 0 aromatic heterocycles. The highest BCUT2D eigenvalue weighted by atomic mass is 19.1. The number of amides is 1. The molecule has 0 atom stereocenters. The lowest BCUT2D eigenvalue weighted by atomic mass is 9.93. The summed E-state index contributed by atoms with van der Waals surface area (Å²) in [7, 11) is 0. The first-order valence-electron chi connectivity index (χ1n) is 8.60. The molecule has 2 rings (SSSR count). The van der Waals surface area contributed by atoms with Gasteiger partial charge in [0, 0.05) is 13.0 Å². The van der Waals surface area contributed by atoms with Gasteiger partial charge in [-0.15, -0.1) is 0 Å². The zero-order valence-corrected chi connectivity index (χ0v) is 13.7. The van der Waals surface area contributed by atoms with Crippen LogP contribution < -0.4 is 15.4 Å². The maximum absolute atomic E-state index is 12.7. The highest BCUT2D eigenvalue weighted by Crippen LogP contribution is 2.17. The van der Waals surface area contributed by atoms with E-state index in [0.29, 0.717) is 31.2 Å². The second kappa shape index (κ2) is 10.2. The Labute approximate surface area is 137 Å². The Morgan fingerprint density at radius 2 is 1.96 bits per heavy atom. The third kappa shape index (κ3) is 7.46. The third-order valence-corrected chi connectivity index (χ3v) is 4.21. The summed E-state index contributed by atoms with van der Waals surface area (Å²) in [6.45, 7) is 3.44. The van der Waals surface area contributed by atoms with Gasteiger partial charge in [0.25, 0.3) is 0 Å². The second-order valence-corrected chi connectivity index (χ2v) is 6.09. The Morgan fingerprint density at radius 3 is 2.70 bits per heavy atom. The van der Waals surface area contributed by atoms with Crippen LogP contribution in [0.15, 0.2) is 24.3 Å². The maximum Gasteiger partial charge on any atom is 0.220 e. The minimum atomic E-state index is -0.260. The van der Waals surface area contributed by atoms with E-state index in [9.17, 15) is 9.18 Å². The lowest BCUT2D eigenvalue weighted by molar-refractivity contribution is -0.121. The van der Waals surface area contributed by atoms with Crippen molar-refractivity contribution in [3.05, 3.63) is 30.1 Å². The lowest BCUT2D eigenvalue weighted by Gasteiger charge is -2.22. The molecule has 1 amide bonds. The summed E-state index contributed by atoms with van der Waals surface area (Å²) in [6.07, 6.45) is 5.77. The first-order valence-corrected chi connectivity index (χ1v) is 8.60. The third-order valence-electron chi connectivity index (χ3n) is 4.21. The second-order valence-electron chi connectivity index (χ2n) is 6.09. The minimum Gasteiger partial charge on any atom is -0.494 e. The zero-order chi connectivity index (χ0) is 16.3. The number of piperidine rings is 1. The maximum atomic E-state index is 12.7. The molecule has 1 aliphatic rings. The number of hydrogen-bond donors (Lipinski definition) is 2. The van der Waals surface area contributed by atoms with Crippen LogP contribution in [0.25, 0.3) is 0 Å². The van der Waals surface area contributed by atoms with Crippen LogP contribution in [-0.4, -0.2) is 32.1 Å². The van der Waals surface area contributed by atoms with Gasteiger partial charge in [0.05, 0.1) is 6.61 Å². The van der Waals surface area contributed by atoms with Gasteiger partial charge in [-0.2, -0.15) is 0 Å². The highest BCUT2D eigenvalue weighted by molar-refractivity contribution is 5.75. The fraction of sp³-hybridized carbons (Fsp3) is 0.611. The van der Waals surface area contributed by atoms with E-state index in [1.165, 1.54) is 25.0 Å². The van der Waals surface area contributed by atoms with E-state index in [1.807, 2.05) is 0 Å². The Kier molecular flexibility index (Phi) is 7.87. The number of hydrogen-bond acceptors (Lipinski definition) is 3. The molecule has 23 heavy (non-hydrogen) atoms. The predicted octanol–water partition coefficient (Wildman–Crippen LogP) is 2.88. The first-order chi connectivity index (χ1) is 11.2. The number of ether oxygens (including phenoxy) is 1. The highest BCUT2D eigenvalue weighted by Gasteiger charge is 2.14. The molecule has 0 spiro atoms. The number of nitrogens with one attached hydrogen (secondary N) is 2. The molecule has 0 bridgehead atoms. The van der Waals surface area contributed by atoms with E-state index < -0.39 is 0 Å². The van der Waals surface area contributed by atoms with Gasteiger partial charge in [0.1, 0.15) is 11.6 Å². The van der Waals surface area contributed by atoms with Gasteiger partial charge in [-0.3, -0.25) is 4.79 Å². The average Bonchev–Trinajstić information content (AvgIpc) is 2.58. The van der Waals surface area contributed by atoms with Crippen molar-refractivity contribution in [1.82, 2.24) is 10.6 Å². The van der Waals surface area contributed by atoms with Crippen molar-refractivity contribution in [3.63, 3.8) is 0 Å². The topological polar surface area (TPSA) is 50.4 Å². The molecule has 1 aliphatic heterocycles. The number of rotatable bonds is 9. The van der Waals surface area contributed by atoms with E-state index >= 15 is 0 Å². The van der Waals surface area contributed by atoms with E-state index in [0.717, 1.165) is 32.4 Å². The molecule has 1 saturated heterocycles. The van der Waals surface area contributed by atoms with Gasteiger partial charge in [-0.05, 0) is 75.4 Å². The molecule has 128 valence electrons. The molecule has 0 radical (unpaired) electrons. The van der Waals surface area contributed by atoms with E-state index in [2.05, 4.69) is 10.6 Å². The Bertz CT molecular complexity index is 459. The molecule has 0 aliphatic carbocycles. The Morgan fingerprint density at radius 1 is 1.22 bits per heavy atom. The predicted molar refractivity (Wildman–Crippen MR) is 89.0 cm³/mol. The van der Waals surface area contributed by atoms with Crippen molar-refractivity contribution in [2.24, 2.45) is 5.92 Å². The molecule has 0 unspecified atom stereocenters. The van der Waals surface area contributed by atoms with E-state index in [-0.39, 0.29) is 11.7 Å². The summed E-state index contributed by atoms with van der Waals surface area (Å²) in [5, 5.41) is 6.31. The number of halogens is 1. The van der Waals surface area contributed by atoms with E-state index in [1.54, 1.807) is 12.1 Å². The molecule has 2 N–H and O–H groups in total. The summed E-state index contributed by atoms with van der Waals surface area (Å²) in [5.41, 5.74) is 0. The molecule has 1 fully saturated rings. The minimum absolute atomic E-state index is 0.156. The lowest BCUT2D eigenvalue weighted by Crippen LogP contribution is -2.29. The van der Waals surface area contributed by atoms with Gasteiger partial charge in [-0.25, -0.2) is 4.39 Å². The van der Waals surface area contributed by atoms with E-state index in [4.69, 9.17) is 4.74 Å². The summed E-state index contributed by atoms with van der Waals surface area (Å²) >= 11 is 0. The Balaban J connectivity index is 1.45. The monoisotopic (exact) mass is 322 g/mol. The van der Waals surface area contributed by atoms with Crippen LogP contribution >= 0.6 is 0 Å². The molecule has 1 aromatic carbocycles. The van der Waals surface area contributed by atoms with Crippen LogP contribution in [0.5, 0.6) is 5.75 Å². The Hall–Kier alpha value is -1.62. The fourth-order valence-electron chi connectivity index (χ4n) is 2.77. The summed E-state index contributed by atoms with van der Waals surface area (Å²) in [6, 6.07) is 6.02. The zero-order valence-electron chi connectivity index (χ0n) is 13.7.